The van der Waals surface area contributed by atoms with Gasteiger partial charge in [-0.25, -0.2) is 18.2 Å². The third-order valence-corrected chi connectivity index (χ3v) is 6.29. The van der Waals surface area contributed by atoms with Crippen molar-refractivity contribution in [2.75, 3.05) is 11.4 Å². The van der Waals surface area contributed by atoms with E-state index in [1.54, 1.807) is 17.0 Å². The Bertz CT molecular complexity index is 1470. The smallest absolute Gasteiger partial charge is 0.227 e. The number of nitriles is 1. The van der Waals surface area contributed by atoms with E-state index in [-0.39, 0.29) is 22.8 Å². The van der Waals surface area contributed by atoms with Crippen LogP contribution in [0.1, 0.15) is 39.8 Å². The molecule has 0 aliphatic carbocycles. The predicted molar refractivity (Wildman–Crippen MR) is 119 cm³/mol. The Hall–Kier alpha value is -3.57. The number of aryl methyl sites for hydroxylation is 2. The molecule has 2 aromatic heterocycles. The first kappa shape index (κ1) is 21.3. The Kier molecular flexibility index (Phi) is 5.02. The number of H-pyrrole nitrogens is 1. The van der Waals surface area contributed by atoms with Crippen LogP contribution in [-0.4, -0.2) is 21.5 Å². The van der Waals surface area contributed by atoms with Gasteiger partial charge in [-0.15, -0.1) is 0 Å². The van der Waals surface area contributed by atoms with Crippen LogP contribution < -0.4 is 4.90 Å². The van der Waals surface area contributed by atoms with Crippen molar-refractivity contribution in [1.29, 1.82) is 5.26 Å². The van der Waals surface area contributed by atoms with E-state index in [9.17, 15) is 14.0 Å². The van der Waals surface area contributed by atoms with Crippen LogP contribution in [0, 0.1) is 42.6 Å². The molecule has 1 aliphatic rings. The summed E-state index contributed by atoms with van der Waals surface area (Å²) >= 11 is 6.21. The van der Waals surface area contributed by atoms with E-state index in [0.29, 0.717) is 23.7 Å². The molecule has 2 aromatic carbocycles. The van der Waals surface area contributed by atoms with Crippen LogP contribution in [0.2, 0.25) is 5.02 Å². The first-order valence-corrected chi connectivity index (χ1v) is 10.6. The number of nitrogens with zero attached hydrogens (tertiary/aromatic N) is 4. The van der Waals surface area contributed by atoms with Gasteiger partial charge in [0.25, 0.3) is 0 Å². The van der Waals surface area contributed by atoms with Crippen LogP contribution in [-0.2, 0) is 6.42 Å². The van der Waals surface area contributed by atoms with Crippen molar-refractivity contribution in [3.63, 3.8) is 0 Å². The normalized spacial score (nSPS) is 15.5. The maximum atomic E-state index is 15.2. The molecule has 0 bridgehead atoms. The van der Waals surface area contributed by atoms with Crippen LogP contribution >= 0.6 is 11.6 Å². The van der Waals surface area contributed by atoms with E-state index in [1.807, 2.05) is 12.1 Å². The minimum atomic E-state index is -0.978. The molecule has 0 saturated heterocycles. The van der Waals surface area contributed by atoms with Gasteiger partial charge in [-0.2, -0.15) is 10.2 Å². The van der Waals surface area contributed by atoms with E-state index >= 15 is 4.39 Å². The van der Waals surface area contributed by atoms with Crippen LogP contribution in [0.5, 0.6) is 0 Å². The van der Waals surface area contributed by atoms with Crippen molar-refractivity contribution in [1.82, 2.24) is 15.0 Å². The average Bonchev–Trinajstić information content (AvgIpc) is 3.17. The fourth-order valence-corrected chi connectivity index (χ4v) is 4.59. The SMILES string of the molecule is Cc1ccc(C2c3[nH]c4ccc(Cl)cc4c3CCN2c2nc(C)c(F)c(C#N)n2)c(F)c1F. The summed E-state index contributed by atoms with van der Waals surface area (Å²) in [4.78, 5) is 13.3. The van der Waals surface area contributed by atoms with Gasteiger partial charge in [0.05, 0.1) is 5.69 Å². The first-order valence-electron chi connectivity index (χ1n) is 10.3. The Labute approximate surface area is 192 Å². The second-order valence-electron chi connectivity index (χ2n) is 8.04. The number of fused-ring (bicyclic) bond motifs is 3. The number of hydrogen-bond donors (Lipinski definition) is 1. The Balaban J connectivity index is 1.78. The number of halogens is 4. The second kappa shape index (κ2) is 7.78. The lowest BCUT2D eigenvalue weighted by atomic mass is 9.91. The zero-order valence-corrected chi connectivity index (χ0v) is 18.4. The van der Waals surface area contributed by atoms with E-state index < -0.39 is 29.2 Å². The number of aromatic nitrogens is 3. The van der Waals surface area contributed by atoms with Crippen molar-refractivity contribution in [2.24, 2.45) is 0 Å². The number of rotatable bonds is 2. The topological polar surface area (TPSA) is 68.6 Å². The summed E-state index contributed by atoms with van der Waals surface area (Å²) in [6.07, 6.45) is 0.532. The lowest BCUT2D eigenvalue weighted by Gasteiger charge is -2.36. The van der Waals surface area contributed by atoms with Crippen molar-refractivity contribution >= 4 is 28.5 Å². The monoisotopic (exact) mass is 467 g/mol. The van der Waals surface area contributed by atoms with Crippen molar-refractivity contribution in [3.05, 3.63) is 86.6 Å². The first-order chi connectivity index (χ1) is 15.8. The van der Waals surface area contributed by atoms with Gasteiger partial charge in [-0.05, 0) is 49.6 Å². The van der Waals surface area contributed by atoms with Gasteiger partial charge in [0.1, 0.15) is 12.1 Å². The van der Waals surface area contributed by atoms with E-state index in [1.165, 1.54) is 26.0 Å². The molecule has 5 nitrogen and oxygen atoms in total. The molecular weight excluding hydrogens is 451 g/mol. The minimum absolute atomic E-state index is 0.0000780. The summed E-state index contributed by atoms with van der Waals surface area (Å²) in [7, 11) is 0. The standard InChI is InChI=1S/C24H17ClF3N5/c1-11-3-5-15(21(28)19(11)26)23-22-14(16-9-13(25)4-6-17(16)31-22)7-8-33(23)24-30-12(2)20(27)18(10-29)32-24/h3-6,9,23,31H,7-8H2,1-2H3. The molecule has 0 amide bonds. The van der Waals surface area contributed by atoms with Gasteiger partial charge in [0, 0.05) is 33.7 Å². The van der Waals surface area contributed by atoms with E-state index in [2.05, 4.69) is 15.0 Å². The number of benzene rings is 2. The molecular formula is C24H17ClF3N5. The summed E-state index contributed by atoms with van der Waals surface area (Å²) in [5, 5.41) is 10.8. The van der Waals surface area contributed by atoms with E-state index in [0.717, 1.165) is 16.5 Å². The molecule has 166 valence electrons. The van der Waals surface area contributed by atoms with Crippen LogP contribution in [0.15, 0.2) is 30.3 Å². The molecule has 0 radical (unpaired) electrons. The molecule has 1 atom stereocenters. The van der Waals surface area contributed by atoms with Gasteiger partial charge in [0.15, 0.2) is 23.1 Å². The number of anilines is 1. The third-order valence-electron chi connectivity index (χ3n) is 6.06. The second-order valence-corrected chi connectivity index (χ2v) is 8.47. The Morgan fingerprint density at radius 2 is 1.88 bits per heavy atom. The Morgan fingerprint density at radius 3 is 2.64 bits per heavy atom. The minimum Gasteiger partial charge on any atom is -0.356 e. The molecule has 0 spiro atoms. The van der Waals surface area contributed by atoms with E-state index in [4.69, 9.17) is 11.6 Å². The fourth-order valence-electron chi connectivity index (χ4n) is 4.42. The molecule has 0 fully saturated rings. The third kappa shape index (κ3) is 3.31. The van der Waals surface area contributed by atoms with Crippen LogP contribution in [0.3, 0.4) is 0 Å². The highest BCUT2D eigenvalue weighted by molar-refractivity contribution is 6.31. The largest absolute Gasteiger partial charge is 0.356 e. The molecule has 9 heteroatoms. The lowest BCUT2D eigenvalue weighted by molar-refractivity contribution is 0.480. The predicted octanol–water partition coefficient (Wildman–Crippen LogP) is 5.67. The summed E-state index contributed by atoms with van der Waals surface area (Å²) in [5.74, 6) is -2.65. The highest BCUT2D eigenvalue weighted by Gasteiger charge is 2.36. The van der Waals surface area contributed by atoms with Crippen LogP contribution in [0.4, 0.5) is 19.1 Å². The molecule has 1 aliphatic heterocycles. The van der Waals surface area contributed by atoms with Gasteiger partial charge in [-0.3, -0.25) is 0 Å². The van der Waals surface area contributed by atoms with Crippen molar-refractivity contribution in [3.8, 4) is 6.07 Å². The average molecular weight is 468 g/mol. The van der Waals surface area contributed by atoms with Crippen molar-refractivity contribution in [2.45, 2.75) is 26.3 Å². The molecule has 4 aromatic rings. The summed E-state index contributed by atoms with van der Waals surface area (Å²) in [6.45, 7) is 3.26. The van der Waals surface area contributed by atoms with Gasteiger partial charge < -0.3 is 9.88 Å². The maximum Gasteiger partial charge on any atom is 0.227 e. The molecule has 1 N–H and O–H groups in total. The zero-order valence-electron chi connectivity index (χ0n) is 17.7. The maximum absolute atomic E-state index is 15.2. The lowest BCUT2D eigenvalue weighted by Crippen LogP contribution is -2.38. The Morgan fingerprint density at radius 1 is 1.09 bits per heavy atom. The van der Waals surface area contributed by atoms with Crippen molar-refractivity contribution < 1.29 is 13.2 Å². The summed E-state index contributed by atoms with van der Waals surface area (Å²) in [6, 6.07) is 9.35. The number of nitrogens with one attached hydrogen (secondary N) is 1. The van der Waals surface area contributed by atoms with Gasteiger partial charge in [0.2, 0.25) is 5.95 Å². The number of hydrogen-bond acceptors (Lipinski definition) is 4. The molecule has 33 heavy (non-hydrogen) atoms. The number of aromatic amines is 1. The molecule has 0 saturated carbocycles. The van der Waals surface area contributed by atoms with Crippen LogP contribution in [0.25, 0.3) is 10.9 Å². The van der Waals surface area contributed by atoms with Gasteiger partial charge in [-0.1, -0.05) is 23.7 Å². The summed E-state index contributed by atoms with van der Waals surface area (Å²) < 4.78 is 44.1. The van der Waals surface area contributed by atoms with Gasteiger partial charge >= 0.3 is 0 Å². The highest BCUT2D eigenvalue weighted by Crippen LogP contribution is 2.41. The quantitative estimate of drug-likeness (QED) is 0.412. The zero-order chi connectivity index (χ0) is 23.4. The molecule has 1 unspecified atom stereocenters. The molecule has 5 rings (SSSR count). The molecule has 3 heterocycles. The summed E-state index contributed by atoms with van der Waals surface area (Å²) in [5.41, 5.74) is 2.24. The highest BCUT2D eigenvalue weighted by atomic mass is 35.5. The fraction of sp³-hybridized carbons (Fsp3) is 0.208.